The highest BCUT2D eigenvalue weighted by molar-refractivity contribution is 5.64. The van der Waals surface area contributed by atoms with E-state index in [-0.39, 0.29) is 5.82 Å². The van der Waals surface area contributed by atoms with Crippen molar-refractivity contribution in [3.8, 4) is 11.3 Å². The summed E-state index contributed by atoms with van der Waals surface area (Å²) in [5.41, 5.74) is 2.96. The van der Waals surface area contributed by atoms with Crippen LogP contribution in [0.4, 0.5) is 4.39 Å². The average molecular weight is 216 g/mol. The van der Waals surface area contributed by atoms with E-state index in [2.05, 4.69) is 9.97 Å². The Balaban J connectivity index is 2.67. The molecule has 0 saturated carbocycles. The van der Waals surface area contributed by atoms with Crippen molar-refractivity contribution in [3.63, 3.8) is 0 Å². The molecule has 1 heterocycles. The molecule has 2 aromatic rings. The molecular formula is C13H13FN2. The molecule has 0 aliphatic heterocycles. The fourth-order valence-corrected chi connectivity index (χ4v) is 1.80. The van der Waals surface area contributed by atoms with Crippen molar-refractivity contribution >= 4 is 0 Å². The molecule has 2 nitrogen and oxygen atoms in total. The Morgan fingerprint density at radius 2 is 1.81 bits per heavy atom. The molecule has 0 amide bonds. The van der Waals surface area contributed by atoms with Gasteiger partial charge in [0, 0.05) is 11.3 Å². The largest absolute Gasteiger partial charge is 0.239 e. The van der Waals surface area contributed by atoms with Crippen LogP contribution in [0.2, 0.25) is 0 Å². The van der Waals surface area contributed by atoms with Crippen LogP contribution in [0.25, 0.3) is 11.3 Å². The van der Waals surface area contributed by atoms with Gasteiger partial charge in [0.1, 0.15) is 11.6 Å². The normalized spacial score (nSPS) is 10.5. The molecule has 82 valence electrons. The second-order valence-corrected chi connectivity index (χ2v) is 3.87. The predicted octanol–water partition coefficient (Wildman–Crippen LogP) is 3.21. The van der Waals surface area contributed by atoms with Crippen molar-refractivity contribution in [3.05, 3.63) is 47.2 Å². The van der Waals surface area contributed by atoms with Crippen molar-refractivity contribution in [1.29, 1.82) is 0 Å². The maximum atomic E-state index is 13.7. The molecule has 0 fully saturated rings. The van der Waals surface area contributed by atoms with Gasteiger partial charge in [0.25, 0.3) is 0 Å². The molecule has 0 saturated heterocycles. The number of benzene rings is 1. The summed E-state index contributed by atoms with van der Waals surface area (Å²) in [5.74, 6) is 0.426. The van der Waals surface area contributed by atoms with E-state index >= 15 is 0 Å². The molecule has 1 aromatic heterocycles. The van der Waals surface area contributed by atoms with E-state index in [1.807, 2.05) is 26.8 Å². The van der Waals surface area contributed by atoms with Gasteiger partial charge in [-0.2, -0.15) is 0 Å². The number of rotatable bonds is 1. The van der Waals surface area contributed by atoms with Crippen LogP contribution in [0.5, 0.6) is 0 Å². The average Bonchev–Trinajstić information content (AvgIpc) is 2.15. The number of halogens is 1. The third-order valence-electron chi connectivity index (χ3n) is 2.44. The Hall–Kier alpha value is -1.77. The first-order chi connectivity index (χ1) is 7.58. The highest BCUT2D eigenvalue weighted by atomic mass is 19.1. The molecular weight excluding hydrogens is 203 g/mol. The summed E-state index contributed by atoms with van der Waals surface area (Å²) in [6, 6.07) is 6.84. The van der Waals surface area contributed by atoms with Crippen LogP contribution < -0.4 is 0 Å². The maximum Gasteiger partial charge on any atom is 0.132 e. The first-order valence-corrected chi connectivity index (χ1v) is 5.15. The van der Waals surface area contributed by atoms with Crippen molar-refractivity contribution in [2.75, 3.05) is 0 Å². The van der Waals surface area contributed by atoms with Gasteiger partial charge in [0.05, 0.1) is 5.69 Å². The summed E-state index contributed by atoms with van der Waals surface area (Å²) in [6.07, 6.45) is 0. The smallest absolute Gasteiger partial charge is 0.132 e. The van der Waals surface area contributed by atoms with Gasteiger partial charge >= 0.3 is 0 Å². The van der Waals surface area contributed by atoms with E-state index in [0.29, 0.717) is 17.1 Å². The van der Waals surface area contributed by atoms with Crippen LogP contribution in [0.1, 0.15) is 17.1 Å². The lowest BCUT2D eigenvalue weighted by Crippen LogP contribution is -1.97. The van der Waals surface area contributed by atoms with Crippen molar-refractivity contribution in [1.82, 2.24) is 9.97 Å². The Kier molecular flexibility index (Phi) is 2.69. The first-order valence-electron chi connectivity index (χ1n) is 5.15. The van der Waals surface area contributed by atoms with Crippen LogP contribution >= 0.6 is 0 Å². The molecule has 0 spiro atoms. The van der Waals surface area contributed by atoms with Gasteiger partial charge in [0.2, 0.25) is 0 Å². The van der Waals surface area contributed by atoms with E-state index in [0.717, 1.165) is 11.3 Å². The maximum absolute atomic E-state index is 13.7. The van der Waals surface area contributed by atoms with Crippen molar-refractivity contribution in [2.45, 2.75) is 20.8 Å². The summed E-state index contributed by atoms with van der Waals surface area (Å²) in [5, 5.41) is 0. The number of hydrogen-bond donors (Lipinski definition) is 0. The van der Waals surface area contributed by atoms with Gasteiger partial charge in [0.15, 0.2) is 0 Å². The monoisotopic (exact) mass is 216 g/mol. The summed E-state index contributed by atoms with van der Waals surface area (Å²) in [6.45, 7) is 5.58. The quantitative estimate of drug-likeness (QED) is 0.731. The van der Waals surface area contributed by atoms with Crippen molar-refractivity contribution < 1.29 is 4.39 Å². The predicted molar refractivity (Wildman–Crippen MR) is 61.6 cm³/mol. The minimum absolute atomic E-state index is 0.238. The minimum atomic E-state index is -0.238. The molecule has 0 aliphatic rings. The summed E-state index contributed by atoms with van der Waals surface area (Å²) < 4.78 is 13.7. The topological polar surface area (TPSA) is 25.8 Å². The van der Waals surface area contributed by atoms with Crippen LogP contribution in [-0.2, 0) is 0 Å². The highest BCUT2D eigenvalue weighted by Gasteiger charge is 2.10. The van der Waals surface area contributed by atoms with E-state index in [1.165, 1.54) is 6.07 Å². The minimum Gasteiger partial charge on any atom is -0.239 e. The summed E-state index contributed by atoms with van der Waals surface area (Å²) >= 11 is 0. The molecule has 16 heavy (non-hydrogen) atoms. The lowest BCUT2D eigenvalue weighted by molar-refractivity contribution is 0.629. The molecule has 0 bridgehead atoms. The highest BCUT2D eigenvalue weighted by Crippen LogP contribution is 2.25. The molecule has 0 unspecified atom stereocenters. The molecule has 0 aliphatic carbocycles. The van der Waals surface area contributed by atoms with Gasteiger partial charge in [-0.3, -0.25) is 0 Å². The van der Waals surface area contributed by atoms with Crippen molar-refractivity contribution in [2.24, 2.45) is 0 Å². The van der Waals surface area contributed by atoms with Crippen LogP contribution in [-0.4, -0.2) is 9.97 Å². The van der Waals surface area contributed by atoms with Gasteiger partial charge in [-0.1, -0.05) is 12.1 Å². The van der Waals surface area contributed by atoms with Gasteiger partial charge < -0.3 is 0 Å². The molecule has 0 radical (unpaired) electrons. The third-order valence-corrected chi connectivity index (χ3v) is 2.44. The number of aryl methyl sites for hydroxylation is 3. The van der Waals surface area contributed by atoms with Gasteiger partial charge in [-0.05, 0) is 38.5 Å². The second kappa shape index (κ2) is 4.00. The van der Waals surface area contributed by atoms with Crippen LogP contribution in [0.15, 0.2) is 24.3 Å². The van der Waals surface area contributed by atoms with Gasteiger partial charge in [-0.25, -0.2) is 14.4 Å². The van der Waals surface area contributed by atoms with E-state index in [1.54, 1.807) is 12.1 Å². The Bertz CT molecular complexity index is 495. The zero-order chi connectivity index (χ0) is 11.7. The fraction of sp³-hybridized carbons (Fsp3) is 0.231. The van der Waals surface area contributed by atoms with Gasteiger partial charge in [-0.15, -0.1) is 0 Å². The van der Waals surface area contributed by atoms with Crippen LogP contribution in [0, 0.1) is 26.6 Å². The molecule has 0 N–H and O–H groups in total. The molecule has 0 atom stereocenters. The fourth-order valence-electron chi connectivity index (χ4n) is 1.80. The summed E-state index contributed by atoms with van der Waals surface area (Å²) in [4.78, 5) is 8.46. The lowest BCUT2D eigenvalue weighted by atomic mass is 10.0. The zero-order valence-corrected chi connectivity index (χ0v) is 9.58. The molecule has 2 rings (SSSR count). The van der Waals surface area contributed by atoms with E-state index < -0.39 is 0 Å². The lowest BCUT2D eigenvalue weighted by Gasteiger charge is -2.07. The molecule has 1 aromatic carbocycles. The summed E-state index contributed by atoms with van der Waals surface area (Å²) in [7, 11) is 0. The Morgan fingerprint density at radius 1 is 1.06 bits per heavy atom. The second-order valence-electron chi connectivity index (χ2n) is 3.87. The number of hydrogen-bond acceptors (Lipinski definition) is 2. The zero-order valence-electron chi connectivity index (χ0n) is 9.58. The SMILES string of the molecule is Cc1cc(-c2c(C)cccc2F)nc(C)n1. The standard InChI is InChI=1S/C13H13FN2/c1-8-5-4-6-11(14)13(8)12-7-9(2)15-10(3)16-12/h4-7H,1-3H3. The van der Waals surface area contributed by atoms with E-state index in [4.69, 9.17) is 0 Å². The van der Waals surface area contributed by atoms with Crippen LogP contribution in [0.3, 0.4) is 0 Å². The molecule has 3 heteroatoms. The number of aromatic nitrogens is 2. The Labute approximate surface area is 94.2 Å². The third kappa shape index (κ3) is 1.94. The first kappa shape index (κ1) is 10.7. The number of nitrogens with zero attached hydrogens (tertiary/aromatic N) is 2. The van der Waals surface area contributed by atoms with E-state index in [9.17, 15) is 4.39 Å². The Morgan fingerprint density at radius 3 is 2.44 bits per heavy atom.